The molecule has 0 amide bonds. The summed E-state index contributed by atoms with van der Waals surface area (Å²) in [5.41, 5.74) is 0.168. The zero-order chi connectivity index (χ0) is 11.4. The number of halogens is 3. The van der Waals surface area contributed by atoms with Crippen molar-refractivity contribution in [1.29, 1.82) is 0 Å². The molecule has 0 fully saturated rings. The van der Waals surface area contributed by atoms with Crippen molar-refractivity contribution in [3.8, 4) is 0 Å². The largest absolute Gasteiger partial charge is 0.293 e. The Hall–Kier alpha value is -0.780. The molecule has 1 aromatic heterocycles. The van der Waals surface area contributed by atoms with Crippen LogP contribution in [-0.2, 0) is 13.0 Å². The van der Waals surface area contributed by atoms with Crippen LogP contribution in [0.15, 0.2) is 15.6 Å². The van der Waals surface area contributed by atoms with E-state index < -0.39 is 18.5 Å². The molecule has 0 atom stereocenters. The van der Waals surface area contributed by atoms with Crippen molar-refractivity contribution in [2.75, 3.05) is 0 Å². The second kappa shape index (κ2) is 5.34. The van der Waals surface area contributed by atoms with E-state index in [0.29, 0.717) is 12.1 Å². The predicted molar refractivity (Wildman–Crippen MR) is 56.2 cm³/mol. The Morgan fingerprint density at radius 3 is 2.80 bits per heavy atom. The second-order valence-corrected chi connectivity index (χ2v) is 3.90. The SMILES string of the molecule is CCCc1ncn(CC(F)F)c(=O)c1Br. The average molecular weight is 281 g/mol. The van der Waals surface area contributed by atoms with Crippen LogP contribution < -0.4 is 5.56 Å². The third kappa shape index (κ3) is 3.09. The summed E-state index contributed by atoms with van der Waals surface area (Å²) in [6.45, 7) is 1.34. The quantitative estimate of drug-likeness (QED) is 0.848. The Morgan fingerprint density at radius 1 is 1.60 bits per heavy atom. The van der Waals surface area contributed by atoms with Crippen LogP contribution in [0.5, 0.6) is 0 Å². The maximum atomic E-state index is 12.1. The van der Waals surface area contributed by atoms with Gasteiger partial charge in [-0.1, -0.05) is 13.3 Å². The number of aryl methyl sites for hydroxylation is 1. The molecule has 0 N–H and O–H groups in total. The standard InChI is InChI=1S/C9H11BrF2N2O/c1-2-3-6-8(10)9(15)14(5-13-6)4-7(11)12/h5,7H,2-4H2,1H3. The molecule has 0 spiro atoms. The van der Waals surface area contributed by atoms with Gasteiger partial charge in [0.2, 0.25) is 0 Å². The molecule has 0 unspecified atom stereocenters. The number of alkyl halides is 2. The van der Waals surface area contributed by atoms with Gasteiger partial charge in [-0.05, 0) is 22.4 Å². The molecule has 6 heteroatoms. The Labute approximate surface area is 94.3 Å². The Kier molecular flexibility index (Phi) is 4.38. The molecule has 0 aromatic carbocycles. The van der Waals surface area contributed by atoms with Gasteiger partial charge in [0.1, 0.15) is 4.47 Å². The van der Waals surface area contributed by atoms with Crippen molar-refractivity contribution in [3.63, 3.8) is 0 Å². The van der Waals surface area contributed by atoms with Gasteiger partial charge < -0.3 is 0 Å². The van der Waals surface area contributed by atoms with Gasteiger partial charge in [0, 0.05) is 0 Å². The van der Waals surface area contributed by atoms with E-state index in [-0.39, 0.29) is 4.47 Å². The summed E-state index contributed by atoms with van der Waals surface area (Å²) in [6.07, 6.45) is 0.132. The molecule has 1 aromatic rings. The highest BCUT2D eigenvalue weighted by Crippen LogP contribution is 2.10. The van der Waals surface area contributed by atoms with Crippen LogP contribution in [0.3, 0.4) is 0 Å². The first-order chi connectivity index (χ1) is 7.06. The summed E-state index contributed by atoms with van der Waals surface area (Å²) in [7, 11) is 0. The van der Waals surface area contributed by atoms with Crippen LogP contribution in [0.1, 0.15) is 19.0 Å². The number of nitrogens with zero attached hydrogens (tertiary/aromatic N) is 2. The third-order valence-corrected chi connectivity index (χ3v) is 2.67. The Balaban J connectivity index is 3.04. The topological polar surface area (TPSA) is 34.9 Å². The molecule has 0 aliphatic heterocycles. The van der Waals surface area contributed by atoms with Crippen molar-refractivity contribution >= 4 is 15.9 Å². The molecule has 84 valence electrons. The summed E-state index contributed by atoms with van der Waals surface area (Å²) in [6, 6.07) is 0. The lowest BCUT2D eigenvalue weighted by atomic mass is 10.2. The Bertz CT molecular complexity index is 392. The highest BCUT2D eigenvalue weighted by Gasteiger charge is 2.11. The third-order valence-electron chi connectivity index (χ3n) is 1.88. The summed E-state index contributed by atoms with van der Waals surface area (Å²) < 4.78 is 25.4. The minimum atomic E-state index is -2.55. The maximum absolute atomic E-state index is 12.1. The first-order valence-electron chi connectivity index (χ1n) is 4.58. The molecular weight excluding hydrogens is 270 g/mol. The van der Waals surface area contributed by atoms with Crippen LogP contribution in [0.2, 0.25) is 0 Å². The number of aromatic nitrogens is 2. The second-order valence-electron chi connectivity index (χ2n) is 3.10. The van der Waals surface area contributed by atoms with E-state index in [4.69, 9.17) is 0 Å². The van der Waals surface area contributed by atoms with Crippen LogP contribution in [0.4, 0.5) is 8.78 Å². The van der Waals surface area contributed by atoms with Gasteiger partial charge in [-0.2, -0.15) is 0 Å². The molecular formula is C9H11BrF2N2O. The van der Waals surface area contributed by atoms with Crippen LogP contribution in [0, 0.1) is 0 Å². The smallest absolute Gasteiger partial charge is 0.268 e. The van der Waals surface area contributed by atoms with Crippen molar-refractivity contribution in [3.05, 3.63) is 26.8 Å². The predicted octanol–water partition coefficient (Wildman–Crippen LogP) is 2.22. The van der Waals surface area contributed by atoms with Crippen LogP contribution in [0.25, 0.3) is 0 Å². The first-order valence-corrected chi connectivity index (χ1v) is 5.37. The van der Waals surface area contributed by atoms with Crippen LogP contribution >= 0.6 is 15.9 Å². The zero-order valence-corrected chi connectivity index (χ0v) is 9.80. The molecule has 0 bridgehead atoms. The zero-order valence-electron chi connectivity index (χ0n) is 8.21. The molecule has 0 radical (unpaired) electrons. The molecule has 0 saturated heterocycles. The van der Waals surface area contributed by atoms with E-state index in [1.807, 2.05) is 6.92 Å². The minimum Gasteiger partial charge on any atom is -0.293 e. The van der Waals surface area contributed by atoms with Crippen LogP contribution in [-0.4, -0.2) is 16.0 Å². The fourth-order valence-electron chi connectivity index (χ4n) is 1.19. The number of hydrogen-bond acceptors (Lipinski definition) is 2. The highest BCUT2D eigenvalue weighted by molar-refractivity contribution is 9.10. The van der Waals surface area contributed by atoms with Gasteiger partial charge in [-0.3, -0.25) is 9.36 Å². The number of rotatable bonds is 4. The van der Waals surface area contributed by atoms with Gasteiger partial charge in [-0.15, -0.1) is 0 Å². The maximum Gasteiger partial charge on any atom is 0.268 e. The lowest BCUT2D eigenvalue weighted by Gasteiger charge is -2.07. The van der Waals surface area contributed by atoms with Gasteiger partial charge in [0.15, 0.2) is 0 Å². The summed E-state index contributed by atoms with van der Waals surface area (Å²) in [5, 5.41) is 0. The van der Waals surface area contributed by atoms with Gasteiger partial charge in [0.25, 0.3) is 12.0 Å². The van der Waals surface area contributed by atoms with Crippen molar-refractivity contribution < 1.29 is 8.78 Å². The van der Waals surface area contributed by atoms with E-state index in [9.17, 15) is 13.6 Å². The lowest BCUT2D eigenvalue weighted by molar-refractivity contribution is 0.124. The monoisotopic (exact) mass is 280 g/mol. The number of hydrogen-bond donors (Lipinski definition) is 0. The average Bonchev–Trinajstić information content (AvgIpc) is 2.17. The fraction of sp³-hybridized carbons (Fsp3) is 0.556. The van der Waals surface area contributed by atoms with E-state index in [1.165, 1.54) is 6.33 Å². The molecule has 15 heavy (non-hydrogen) atoms. The van der Waals surface area contributed by atoms with Gasteiger partial charge in [-0.25, -0.2) is 13.8 Å². The van der Waals surface area contributed by atoms with Gasteiger partial charge in [0.05, 0.1) is 18.6 Å². The van der Waals surface area contributed by atoms with E-state index in [1.54, 1.807) is 0 Å². The van der Waals surface area contributed by atoms with E-state index in [2.05, 4.69) is 20.9 Å². The van der Waals surface area contributed by atoms with Crippen molar-refractivity contribution in [2.45, 2.75) is 32.7 Å². The van der Waals surface area contributed by atoms with E-state index in [0.717, 1.165) is 11.0 Å². The van der Waals surface area contributed by atoms with Crippen molar-refractivity contribution in [1.82, 2.24) is 9.55 Å². The molecule has 0 aliphatic carbocycles. The lowest BCUT2D eigenvalue weighted by Crippen LogP contribution is -2.25. The Morgan fingerprint density at radius 2 is 2.27 bits per heavy atom. The summed E-state index contributed by atoms with van der Waals surface area (Å²) in [4.78, 5) is 15.5. The molecule has 3 nitrogen and oxygen atoms in total. The first kappa shape index (κ1) is 12.3. The van der Waals surface area contributed by atoms with Gasteiger partial charge >= 0.3 is 0 Å². The minimum absolute atomic E-state index is 0.285. The highest BCUT2D eigenvalue weighted by atomic mass is 79.9. The van der Waals surface area contributed by atoms with E-state index >= 15 is 0 Å². The normalized spacial score (nSPS) is 11.0. The van der Waals surface area contributed by atoms with Crippen molar-refractivity contribution in [2.24, 2.45) is 0 Å². The molecule has 0 saturated carbocycles. The summed E-state index contributed by atoms with van der Waals surface area (Å²) in [5.74, 6) is 0. The summed E-state index contributed by atoms with van der Waals surface area (Å²) >= 11 is 3.08. The molecule has 1 heterocycles. The fourth-order valence-corrected chi connectivity index (χ4v) is 1.72. The molecule has 1 rings (SSSR count). The molecule has 0 aliphatic rings.